The Morgan fingerprint density at radius 3 is 2.76 bits per heavy atom. The molecule has 0 aromatic carbocycles. The zero-order chi connectivity index (χ0) is 15.6. The molecule has 0 bridgehead atoms. The number of fused-ring (bicyclic) bond motifs is 1. The van der Waals surface area contributed by atoms with E-state index < -0.39 is 17.2 Å². The van der Waals surface area contributed by atoms with Crippen molar-refractivity contribution in [2.24, 2.45) is 7.05 Å². The molecule has 0 saturated carbocycles. The lowest BCUT2D eigenvalue weighted by Crippen LogP contribution is -2.31. The lowest BCUT2D eigenvalue weighted by molar-refractivity contribution is -0.136. The van der Waals surface area contributed by atoms with E-state index in [2.05, 4.69) is 9.97 Å². The highest BCUT2D eigenvalue weighted by atomic mass is 16.5. The lowest BCUT2D eigenvalue weighted by Gasteiger charge is -2.05. The van der Waals surface area contributed by atoms with Crippen molar-refractivity contribution in [2.45, 2.75) is 19.4 Å². The number of aromatic amines is 1. The molecule has 0 radical (unpaired) electrons. The molecule has 2 heterocycles. The molecule has 0 spiro atoms. The molecule has 9 nitrogen and oxygen atoms in total. The number of rotatable bonds is 6. The van der Waals surface area contributed by atoms with E-state index in [1.165, 1.54) is 9.13 Å². The standard InChI is InChI=1S/C12H16N4O5/c1-15-7(6-8(17)18)13-10-9(15)11(19)14-12(20)16(10)4-3-5-21-2/h3-6H2,1-2H3,(H,17,18)(H,14,19,20). The topological polar surface area (TPSA) is 119 Å². The number of nitrogens with one attached hydrogen (secondary N) is 1. The van der Waals surface area contributed by atoms with E-state index in [1.807, 2.05) is 0 Å². The van der Waals surface area contributed by atoms with Crippen molar-refractivity contribution in [3.63, 3.8) is 0 Å². The Morgan fingerprint density at radius 1 is 1.43 bits per heavy atom. The van der Waals surface area contributed by atoms with Crippen LogP contribution in [0.3, 0.4) is 0 Å². The summed E-state index contributed by atoms with van der Waals surface area (Å²) < 4.78 is 7.65. The van der Waals surface area contributed by atoms with E-state index >= 15 is 0 Å². The molecule has 9 heteroatoms. The molecule has 2 aromatic rings. The van der Waals surface area contributed by atoms with Crippen molar-refractivity contribution in [3.8, 4) is 0 Å². The Bertz CT molecular complexity index is 785. The van der Waals surface area contributed by atoms with Gasteiger partial charge in [-0.15, -0.1) is 0 Å². The van der Waals surface area contributed by atoms with Gasteiger partial charge in [0.25, 0.3) is 5.56 Å². The van der Waals surface area contributed by atoms with Crippen LogP contribution < -0.4 is 11.2 Å². The van der Waals surface area contributed by atoms with Gasteiger partial charge >= 0.3 is 11.7 Å². The first-order valence-electron chi connectivity index (χ1n) is 6.35. The number of carbonyl (C=O) groups is 1. The van der Waals surface area contributed by atoms with Crippen LogP contribution in [-0.2, 0) is 29.5 Å². The molecule has 114 valence electrons. The third kappa shape index (κ3) is 2.87. The highest BCUT2D eigenvalue weighted by Crippen LogP contribution is 2.10. The Kier molecular flexibility index (Phi) is 4.22. The van der Waals surface area contributed by atoms with Gasteiger partial charge in [0, 0.05) is 27.3 Å². The van der Waals surface area contributed by atoms with Crippen LogP contribution in [-0.4, -0.2) is 43.9 Å². The highest BCUT2D eigenvalue weighted by molar-refractivity contribution is 5.74. The summed E-state index contributed by atoms with van der Waals surface area (Å²) in [5.74, 6) is -0.841. The summed E-state index contributed by atoms with van der Waals surface area (Å²) in [7, 11) is 3.10. The number of carboxylic acid groups (broad SMARTS) is 1. The van der Waals surface area contributed by atoms with E-state index in [-0.39, 0.29) is 23.4 Å². The van der Waals surface area contributed by atoms with Crippen LogP contribution in [0.15, 0.2) is 9.59 Å². The minimum atomic E-state index is -1.06. The van der Waals surface area contributed by atoms with Gasteiger partial charge in [-0.25, -0.2) is 9.78 Å². The largest absolute Gasteiger partial charge is 0.481 e. The second-order valence-corrected chi connectivity index (χ2v) is 4.59. The predicted octanol–water partition coefficient (Wildman–Crippen LogP) is -0.913. The second-order valence-electron chi connectivity index (χ2n) is 4.59. The van der Waals surface area contributed by atoms with Gasteiger partial charge in [-0.2, -0.15) is 0 Å². The third-order valence-corrected chi connectivity index (χ3v) is 3.15. The molecule has 0 unspecified atom stereocenters. The highest BCUT2D eigenvalue weighted by Gasteiger charge is 2.17. The van der Waals surface area contributed by atoms with Gasteiger partial charge in [0.15, 0.2) is 11.2 Å². The first-order chi connectivity index (χ1) is 9.95. The zero-order valence-corrected chi connectivity index (χ0v) is 11.8. The van der Waals surface area contributed by atoms with Crippen LogP contribution in [0.5, 0.6) is 0 Å². The number of methoxy groups -OCH3 is 1. The summed E-state index contributed by atoms with van der Waals surface area (Å²) in [4.78, 5) is 41.0. The number of aryl methyl sites for hydroxylation is 2. The van der Waals surface area contributed by atoms with E-state index in [1.54, 1.807) is 14.2 Å². The van der Waals surface area contributed by atoms with Crippen LogP contribution >= 0.6 is 0 Å². The predicted molar refractivity (Wildman–Crippen MR) is 73.4 cm³/mol. The molecule has 0 saturated heterocycles. The summed E-state index contributed by atoms with van der Waals surface area (Å²) >= 11 is 0. The number of carboxylic acids is 1. The van der Waals surface area contributed by atoms with Crippen LogP contribution in [0.1, 0.15) is 12.2 Å². The maximum atomic E-state index is 11.9. The number of ether oxygens (including phenoxy) is 1. The van der Waals surface area contributed by atoms with Crippen molar-refractivity contribution < 1.29 is 14.6 Å². The SMILES string of the molecule is COCCCn1c(=O)[nH]c(=O)c2c1nc(CC(=O)O)n2C. The Balaban J connectivity index is 2.60. The fourth-order valence-corrected chi connectivity index (χ4v) is 2.16. The van der Waals surface area contributed by atoms with Crippen LogP contribution in [0, 0.1) is 0 Å². The average Bonchev–Trinajstić information content (AvgIpc) is 2.70. The first-order valence-corrected chi connectivity index (χ1v) is 6.35. The molecule has 0 fully saturated rings. The molecule has 2 aromatic heterocycles. The van der Waals surface area contributed by atoms with Crippen LogP contribution in [0.2, 0.25) is 0 Å². The van der Waals surface area contributed by atoms with Crippen LogP contribution in [0.4, 0.5) is 0 Å². The second kappa shape index (κ2) is 5.92. The third-order valence-electron chi connectivity index (χ3n) is 3.15. The van der Waals surface area contributed by atoms with Gasteiger partial charge in [0.1, 0.15) is 12.2 Å². The summed E-state index contributed by atoms with van der Waals surface area (Å²) in [5.41, 5.74) is -0.768. The van der Waals surface area contributed by atoms with Gasteiger partial charge in [-0.3, -0.25) is 19.1 Å². The molecule has 2 N–H and O–H groups in total. The number of hydrogen-bond acceptors (Lipinski definition) is 5. The van der Waals surface area contributed by atoms with Gasteiger partial charge in [0.05, 0.1) is 0 Å². The summed E-state index contributed by atoms with van der Waals surface area (Å²) in [6, 6.07) is 0. The van der Waals surface area contributed by atoms with Gasteiger partial charge in [0.2, 0.25) is 0 Å². The zero-order valence-electron chi connectivity index (χ0n) is 11.8. The number of nitrogens with zero attached hydrogens (tertiary/aromatic N) is 3. The molecule has 0 aliphatic rings. The maximum absolute atomic E-state index is 11.9. The fraction of sp³-hybridized carbons (Fsp3) is 0.500. The van der Waals surface area contributed by atoms with E-state index in [9.17, 15) is 14.4 Å². The molecule has 0 amide bonds. The van der Waals surface area contributed by atoms with E-state index in [4.69, 9.17) is 9.84 Å². The van der Waals surface area contributed by atoms with E-state index in [0.29, 0.717) is 19.6 Å². The Labute approximate surface area is 118 Å². The van der Waals surface area contributed by atoms with E-state index in [0.717, 1.165) is 0 Å². The van der Waals surface area contributed by atoms with Gasteiger partial charge < -0.3 is 14.4 Å². The van der Waals surface area contributed by atoms with Crippen molar-refractivity contribution in [3.05, 3.63) is 26.7 Å². The molecule has 0 atom stereocenters. The molecule has 0 aliphatic heterocycles. The summed E-state index contributed by atoms with van der Waals surface area (Å²) in [5, 5.41) is 8.86. The minimum Gasteiger partial charge on any atom is -0.481 e. The fourth-order valence-electron chi connectivity index (χ4n) is 2.16. The van der Waals surface area contributed by atoms with Crippen molar-refractivity contribution in [1.82, 2.24) is 19.1 Å². The Morgan fingerprint density at radius 2 is 2.14 bits per heavy atom. The molecule has 0 aliphatic carbocycles. The summed E-state index contributed by atoms with van der Waals surface area (Å²) in [6.07, 6.45) is 0.249. The lowest BCUT2D eigenvalue weighted by atomic mass is 10.4. The number of aromatic nitrogens is 4. The smallest absolute Gasteiger partial charge is 0.330 e. The van der Waals surface area contributed by atoms with Crippen molar-refractivity contribution in [1.29, 1.82) is 0 Å². The monoisotopic (exact) mass is 296 g/mol. The molecule has 21 heavy (non-hydrogen) atoms. The van der Waals surface area contributed by atoms with Gasteiger partial charge in [-0.1, -0.05) is 0 Å². The van der Waals surface area contributed by atoms with Crippen molar-refractivity contribution >= 4 is 17.1 Å². The Hall–Kier alpha value is -2.42. The minimum absolute atomic E-state index is 0.184. The molecular formula is C12H16N4O5. The summed E-state index contributed by atoms with van der Waals surface area (Å²) in [6.45, 7) is 0.783. The quantitative estimate of drug-likeness (QED) is 0.666. The number of H-pyrrole nitrogens is 1. The number of imidazole rings is 1. The first kappa shape index (κ1) is 15.0. The maximum Gasteiger partial charge on any atom is 0.330 e. The molecule has 2 rings (SSSR count). The van der Waals surface area contributed by atoms with Crippen LogP contribution in [0.25, 0.3) is 11.2 Å². The number of hydrogen-bond donors (Lipinski definition) is 2. The molecular weight excluding hydrogens is 280 g/mol. The van der Waals surface area contributed by atoms with Gasteiger partial charge in [-0.05, 0) is 6.42 Å². The number of aliphatic carboxylic acids is 1. The van der Waals surface area contributed by atoms with Crippen molar-refractivity contribution in [2.75, 3.05) is 13.7 Å². The average molecular weight is 296 g/mol. The normalized spacial score (nSPS) is 11.1.